The molecule has 0 unspecified atom stereocenters. The van der Waals surface area contributed by atoms with Gasteiger partial charge in [0.1, 0.15) is 5.75 Å². The Morgan fingerprint density at radius 3 is 2.30 bits per heavy atom. The zero-order valence-corrected chi connectivity index (χ0v) is 15.1. The number of benzene rings is 2. The number of nitrogens with zero attached hydrogens (tertiary/aromatic N) is 2. The maximum atomic E-state index is 13.0. The minimum atomic E-state index is -4.95. The molecule has 0 aliphatic rings. The van der Waals surface area contributed by atoms with Gasteiger partial charge in [0.05, 0.1) is 30.1 Å². The highest BCUT2D eigenvalue weighted by molar-refractivity contribution is 5.70. The van der Waals surface area contributed by atoms with Crippen LogP contribution in [-0.4, -0.2) is 23.3 Å². The molecule has 0 N–H and O–H groups in total. The normalized spacial score (nSPS) is 12.0. The zero-order chi connectivity index (χ0) is 22.1. The lowest BCUT2D eigenvalue weighted by molar-refractivity contribution is -0.274. The third-order valence-electron chi connectivity index (χ3n) is 3.94. The van der Waals surface area contributed by atoms with E-state index < -0.39 is 29.4 Å². The Kier molecular flexibility index (Phi) is 5.47. The molecule has 30 heavy (non-hydrogen) atoms. The molecule has 0 aliphatic carbocycles. The highest BCUT2D eigenvalue weighted by Crippen LogP contribution is 2.32. The van der Waals surface area contributed by atoms with Crippen LogP contribution in [0.1, 0.15) is 5.56 Å². The predicted octanol–water partition coefficient (Wildman–Crippen LogP) is 4.83. The number of hydrogen-bond donors (Lipinski definition) is 0. The molecule has 0 saturated carbocycles. The highest BCUT2D eigenvalue weighted by Gasteiger charge is 2.32. The first-order valence-corrected chi connectivity index (χ1v) is 8.20. The van der Waals surface area contributed by atoms with Crippen molar-refractivity contribution in [2.75, 3.05) is 7.11 Å². The first kappa shape index (κ1) is 21.2. The molecule has 1 aromatic heterocycles. The first-order valence-electron chi connectivity index (χ1n) is 8.20. The Hall–Kier alpha value is -3.50. The highest BCUT2D eigenvalue weighted by atomic mass is 19.4. The molecular weight excluding hydrogens is 418 g/mol. The van der Waals surface area contributed by atoms with E-state index in [9.17, 15) is 31.1 Å². The number of aromatic nitrogens is 2. The van der Waals surface area contributed by atoms with Crippen LogP contribution >= 0.6 is 0 Å². The van der Waals surface area contributed by atoms with E-state index in [0.717, 1.165) is 36.5 Å². The second kappa shape index (κ2) is 7.73. The molecule has 1 heterocycles. The average molecular weight is 430 g/mol. The van der Waals surface area contributed by atoms with Gasteiger partial charge in [-0.2, -0.15) is 23.0 Å². The fourth-order valence-corrected chi connectivity index (χ4v) is 2.71. The van der Waals surface area contributed by atoms with Crippen molar-refractivity contribution in [3.8, 4) is 28.3 Å². The lowest BCUT2D eigenvalue weighted by Gasteiger charge is -2.14. The molecule has 3 aromatic rings. The maximum Gasteiger partial charge on any atom is 0.573 e. The van der Waals surface area contributed by atoms with E-state index in [1.165, 1.54) is 25.3 Å². The van der Waals surface area contributed by atoms with Gasteiger partial charge in [-0.05, 0) is 35.9 Å². The van der Waals surface area contributed by atoms with Crippen molar-refractivity contribution in [2.45, 2.75) is 12.5 Å². The van der Waals surface area contributed by atoms with Gasteiger partial charge >= 0.3 is 12.5 Å². The minimum Gasteiger partial charge on any atom is -0.494 e. The second-order valence-electron chi connectivity index (χ2n) is 5.93. The quantitative estimate of drug-likeness (QED) is 0.557. The van der Waals surface area contributed by atoms with Gasteiger partial charge in [-0.25, -0.2) is 0 Å². The molecule has 0 radical (unpaired) electrons. The summed E-state index contributed by atoms with van der Waals surface area (Å²) in [6.07, 6.45) is -8.51. The maximum absolute atomic E-state index is 13.0. The largest absolute Gasteiger partial charge is 0.573 e. The smallest absolute Gasteiger partial charge is 0.494 e. The van der Waals surface area contributed by atoms with Crippen molar-refractivity contribution < 1.29 is 35.8 Å². The number of alkyl halides is 6. The van der Waals surface area contributed by atoms with Gasteiger partial charge in [0.15, 0.2) is 5.75 Å². The number of hydrogen-bond acceptors (Lipinski definition) is 4. The first-order chi connectivity index (χ1) is 14.0. The fraction of sp³-hybridized carbons (Fsp3) is 0.158. The topological polar surface area (TPSA) is 53.4 Å². The Morgan fingerprint density at radius 1 is 0.967 bits per heavy atom. The lowest BCUT2D eigenvalue weighted by Crippen LogP contribution is -2.24. The third-order valence-corrected chi connectivity index (χ3v) is 3.94. The molecule has 11 heteroatoms. The van der Waals surface area contributed by atoms with Crippen LogP contribution < -0.4 is 15.0 Å². The molecule has 158 valence electrons. The molecule has 0 amide bonds. The van der Waals surface area contributed by atoms with Crippen molar-refractivity contribution in [3.63, 3.8) is 0 Å². The van der Waals surface area contributed by atoms with E-state index >= 15 is 0 Å². The molecule has 3 rings (SSSR count). The molecular formula is C19H12F6N2O3. The van der Waals surface area contributed by atoms with Gasteiger partial charge in [0.25, 0.3) is 5.56 Å². The summed E-state index contributed by atoms with van der Waals surface area (Å²) >= 11 is 0. The Morgan fingerprint density at radius 2 is 1.67 bits per heavy atom. The Labute approximate surface area is 165 Å². The summed E-state index contributed by atoms with van der Waals surface area (Å²) in [5, 5.41) is 3.81. The van der Waals surface area contributed by atoms with E-state index in [0.29, 0.717) is 4.68 Å². The van der Waals surface area contributed by atoms with Crippen LogP contribution in [0.5, 0.6) is 11.5 Å². The van der Waals surface area contributed by atoms with Crippen molar-refractivity contribution in [1.82, 2.24) is 9.78 Å². The molecule has 0 aliphatic heterocycles. The van der Waals surface area contributed by atoms with Gasteiger partial charge in [-0.3, -0.25) is 4.79 Å². The summed E-state index contributed by atoms with van der Waals surface area (Å²) in [5.74, 6) is -0.656. The van der Waals surface area contributed by atoms with Crippen LogP contribution in [0, 0.1) is 0 Å². The van der Waals surface area contributed by atoms with Crippen LogP contribution in [0.15, 0.2) is 59.5 Å². The average Bonchev–Trinajstić information content (AvgIpc) is 2.66. The predicted molar refractivity (Wildman–Crippen MR) is 93.5 cm³/mol. The minimum absolute atomic E-state index is 0.00160. The monoisotopic (exact) mass is 430 g/mol. The molecule has 2 aromatic carbocycles. The Bertz CT molecular complexity index is 1120. The number of rotatable bonds is 4. The third kappa shape index (κ3) is 4.56. The van der Waals surface area contributed by atoms with E-state index in [4.69, 9.17) is 4.74 Å². The van der Waals surface area contributed by atoms with E-state index in [-0.39, 0.29) is 22.6 Å². The van der Waals surface area contributed by atoms with Gasteiger partial charge in [-0.15, -0.1) is 13.2 Å². The van der Waals surface area contributed by atoms with Crippen molar-refractivity contribution in [1.29, 1.82) is 0 Å². The van der Waals surface area contributed by atoms with E-state index in [2.05, 4.69) is 9.84 Å². The number of ether oxygens (including phenoxy) is 2. The van der Waals surface area contributed by atoms with Crippen molar-refractivity contribution in [3.05, 3.63) is 70.6 Å². The molecule has 5 nitrogen and oxygen atoms in total. The van der Waals surface area contributed by atoms with Gasteiger partial charge in [0.2, 0.25) is 0 Å². The summed E-state index contributed by atoms with van der Waals surface area (Å²) in [6, 6.07) is 8.46. The number of halogens is 6. The van der Waals surface area contributed by atoms with Gasteiger partial charge in [0, 0.05) is 0 Å². The van der Waals surface area contributed by atoms with Gasteiger partial charge < -0.3 is 9.47 Å². The Balaban J connectivity index is 2.16. The van der Waals surface area contributed by atoms with Crippen LogP contribution in [-0.2, 0) is 6.18 Å². The van der Waals surface area contributed by atoms with Crippen LogP contribution in [0.25, 0.3) is 16.8 Å². The van der Waals surface area contributed by atoms with E-state index in [1.54, 1.807) is 0 Å². The van der Waals surface area contributed by atoms with Crippen LogP contribution in [0.3, 0.4) is 0 Å². The second-order valence-corrected chi connectivity index (χ2v) is 5.93. The SMILES string of the molecule is COc1cnn(-c2cccc(C(F)(F)F)c2)c(=O)c1-c1cccc(OC(F)(F)F)c1. The van der Waals surface area contributed by atoms with Gasteiger partial charge in [-0.1, -0.05) is 18.2 Å². The number of methoxy groups -OCH3 is 1. The zero-order valence-electron chi connectivity index (χ0n) is 15.1. The fourth-order valence-electron chi connectivity index (χ4n) is 2.71. The van der Waals surface area contributed by atoms with Crippen LogP contribution in [0.2, 0.25) is 0 Å². The van der Waals surface area contributed by atoms with Crippen molar-refractivity contribution >= 4 is 0 Å². The molecule has 0 atom stereocenters. The summed E-state index contributed by atoms with van der Waals surface area (Å²) in [5.41, 5.74) is -2.26. The van der Waals surface area contributed by atoms with E-state index in [1.807, 2.05) is 0 Å². The van der Waals surface area contributed by atoms with Crippen LogP contribution in [0.4, 0.5) is 26.3 Å². The van der Waals surface area contributed by atoms with Crippen molar-refractivity contribution in [2.24, 2.45) is 0 Å². The molecule has 0 bridgehead atoms. The summed E-state index contributed by atoms with van der Waals surface area (Å²) in [6.45, 7) is 0. The summed E-state index contributed by atoms with van der Waals surface area (Å²) < 4.78 is 86.1. The lowest BCUT2D eigenvalue weighted by atomic mass is 10.1. The standard InChI is InChI=1S/C19H12F6N2O3/c1-29-15-10-26-27(13-6-3-5-12(9-13)18(20,21)22)17(28)16(15)11-4-2-7-14(8-11)30-19(23,24)25/h2-10H,1H3. The molecule has 0 spiro atoms. The molecule has 0 saturated heterocycles. The summed E-state index contributed by atoms with van der Waals surface area (Å²) in [4.78, 5) is 13.0. The summed E-state index contributed by atoms with van der Waals surface area (Å²) in [7, 11) is 1.21. The molecule has 0 fully saturated rings.